The summed E-state index contributed by atoms with van der Waals surface area (Å²) in [5.74, 6) is 1.57. The van der Waals surface area contributed by atoms with Gasteiger partial charge < -0.3 is 10.2 Å². The van der Waals surface area contributed by atoms with Gasteiger partial charge in [-0.05, 0) is 50.7 Å². The average Bonchev–Trinajstić information content (AvgIpc) is 2.21. The van der Waals surface area contributed by atoms with Crippen molar-refractivity contribution >= 4 is 0 Å². The van der Waals surface area contributed by atoms with Crippen LogP contribution in [0.5, 0.6) is 0 Å². The lowest BCUT2D eigenvalue weighted by molar-refractivity contribution is 0.215. The van der Waals surface area contributed by atoms with Crippen LogP contribution in [0.3, 0.4) is 0 Å². The minimum Gasteiger partial charge on any atom is -0.317 e. The highest BCUT2D eigenvalue weighted by Crippen LogP contribution is 2.05. The van der Waals surface area contributed by atoms with Gasteiger partial charge in [0, 0.05) is 13.1 Å². The first-order valence-electron chi connectivity index (χ1n) is 7.49. The van der Waals surface area contributed by atoms with Crippen LogP contribution < -0.4 is 5.32 Å². The van der Waals surface area contributed by atoms with Gasteiger partial charge in [-0.15, -0.1) is 0 Å². The topological polar surface area (TPSA) is 15.3 Å². The van der Waals surface area contributed by atoms with Gasteiger partial charge in [-0.25, -0.2) is 0 Å². The Kier molecular flexibility index (Phi) is 11.0. The van der Waals surface area contributed by atoms with E-state index < -0.39 is 0 Å². The summed E-state index contributed by atoms with van der Waals surface area (Å²) in [6.45, 7) is 17.6. The molecule has 2 heteroatoms. The van der Waals surface area contributed by atoms with Gasteiger partial charge in [0.1, 0.15) is 0 Å². The molecule has 0 fully saturated rings. The van der Waals surface area contributed by atoms with E-state index in [1.807, 2.05) is 0 Å². The van der Waals surface area contributed by atoms with Crippen LogP contribution in [0.15, 0.2) is 0 Å². The third kappa shape index (κ3) is 12.2. The standard InChI is InChI=1S/C15H34N2/c1-6-9-16-10-7-8-11-17(12-14(2)3)13-15(4)5/h14-16H,6-13H2,1-5H3. The molecule has 0 saturated carbocycles. The molecule has 0 aromatic heterocycles. The first-order valence-corrected chi connectivity index (χ1v) is 7.49. The van der Waals surface area contributed by atoms with E-state index in [1.165, 1.54) is 52.0 Å². The zero-order valence-electron chi connectivity index (χ0n) is 12.8. The zero-order valence-corrected chi connectivity index (χ0v) is 12.8. The molecular weight excluding hydrogens is 208 g/mol. The Labute approximate surface area is 109 Å². The largest absolute Gasteiger partial charge is 0.317 e. The van der Waals surface area contributed by atoms with Crippen molar-refractivity contribution in [3.05, 3.63) is 0 Å². The Hall–Kier alpha value is -0.0800. The second-order valence-electron chi connectivity index (χ2n) is 6.00. The van der Waals surface area contributed by atoms with Crippen LogP contribution in [0.1, 0.15) is 53.9 Å². The van der Waals surface area contributed by atoms with E-state index in [1.54, 1.807) is 0 Å². The number of nitrogens with zero attached hydrogens (tertiary/aromatic N) is 1. The van der Waals surface area contributed by atoms with E-state index in [-0.39, 0.29) is 0 Å². The fraction of sp³-hybridized carbons (Fsp3) is 1.00. The summed E-state index contributed by atoms with van der Waals surface area (Å²) in [4.78, 5) is 2.63. The Morgan fingerprint density at radius 1 is 0.882 bits per heavy atom. The minimum absolute atomic E-state index is 0.784. The third-order valence-corrected chi connectivity index (χ3v) is 2.75. The molecule has 0 heterocycles. The van der Waals surface area contributed by atoms with Gasteiger partial charge in [-0.3, -0.25) is 0 Å². The Bertz CT molecular complexity index is 145. The number of hydrogen-bond acceptors (Lipinski definition) is 2. The van der Waals surface area contributed by atoms with Crippen molar-refractivity contribution < 1.29 is 0 Å². The average molecular weight is 242 g/mol. The highest BCUT2D eigenvalue weighted by Gasteiger charge is 2.08. The van der Waals surface area contributed by atoms with E-state index in [9.17, 15) is 0 Å². The van der Waals surface area contributed by atoms with Crippen molar-refractivity contribution in [2.75, 3.05) is 32.7 Å². The van der Waals surface area contributed by atoms with Crippen molar-refractivity contribution in [1.29, 1.82) is 0 Å². The van der Waals surface area contributed by atoms with Crippen molar-refractivity contribution in [2.45, 2.75) is 53.9 Å². The number of unbranched alkanes of at least 4 members (excludes halogenated alkanes) is 1. The normalized spacial score (nSPS) is 12.0. The maximum Gasteiger partial charge on any atom is 0.000449 e. The molecule has 17 heavy (non-hydrogen) atoms. The van der Waals surface area contributed by atoms with Crippen LogP contribution in [0, 0.1) is 11.8 Å². The Balaban J connectivity index is 3.60. The first-order chi connectivity index (χ1) is 8.06. The molecule has 0 aromatic rings. The SMILES string of the molecule is CCCNCCCCN(CC(C)C)CC(C)C. The van der Waals surface area contributed by atoms with Crippen LogP contribution in [-0.4, -0.2) is 37.6 Å². The van der Waals surface area contributed by atoms with Crippen LogP contribution >= 0.6 is 0 Å². The van der Waals surface area contributed by atoms with Crippen LogP contribution in [0.25, 0.3) is 0 Å². The molecule has 0 radical (unpaired) electrons. The monoisotopic (exact) mass is 242 g/mol. The maximum absolute atomic E-state index is 3.47. The molecule has 0 amide bonds. The van der Waals surface area contributed by atoms with Gasteiger partial charge in [-0.1, -0.05) is 34.6 Å². The third-order valence-electron chi connectivity index (χ3n) is 2.75. The molecule has 0 unspecified atom stereocenters. The second-order valence-corrected chi connectivity index (χ2v) is 6.00. The fourth-order valence-electron chi connectivity index (χ4n) is 2.18. The number of hydrogen-bond donors (Lipinski definition) is 1. The summed E-state index contributed by atoms with van der Waals surface area (Å²) in [7, 11) is 0. The molecule has 104 valence electrons. The van der Waals surface area contributed by atoms with Crippen molar-refractivity contribution in [1.82, 2.24) is 10.2 Å². The van der Waals surface area contributed by atoms with Crippen molar-refractivity contribution in [3.63, 3.8) is 0 Å². The zero-order chi connectivity index (χ0) is 13.1. The summed E-state index contributed by atoms with van der Waals surface area (Å²) in [6, 6.07) is 0. The van der Waals surface area contributed by atoms with Crippen LogP contribution in [-0.2, 0) is 0 Å². The summed E-state index contributed by atoms with van der Waals surface area (Å²) >= 11 is 0. The second kappa shape index (κ2) is 11.0. The molecule has 0 bridgehead atoms. The van der Waals surface area contributed by atoms with E-state index in [0.717, 1.165) is 11.8 Å². The summed E-state index contributed by atoms with van der Waals surface area (Å²) in [6.07, 6.45) is 3.88. The van der Waals surface area contributed by atoms with Crippen LogP contribution in [0.4, 0.5) is 0 Å². The molecule has 0 aliphatic carbocycles. The Morgan fingerprint density at radius 2 is 1.47 bits per heavy atom. The predicted molar refractivity (Wildman–Crippen MR) is 78.5 cm³/mol. The van der Waals surface area contributed by atoms with E-state index in [0.29, 0.717) is 0 Å². The molecule has 2 nitrogen and oxygen atoms in total. The highest BCUT2D eigenvalue weighted by atomic mass is 15.1. The summed E-state index contributed by atoms with van der Waals surface area (Å²) < 4.78 is 0. The number of rotatable bonds is 11. The molecule has 1 N–H and O–H groups in total. The molecule has 0 aliphatic heterocycles. The lowest BCUT2D eigenvalue weighted by Gasteiger charge is -2.26. The smallest absolute Gasteiger partial charge is 0.000449 e. The van der Waals surface area contributed by atoms with Gasteiger partial charge in [0.15, 0.2) is 0 Å². The van der Waals surface area contributed by atoms with Gasteiger partial charge >= 0.3 is 0 Å². The lowest BCUT2D eigenvalue weighted by Crippen LogP contribution is -2.32. The van der Waals surface area contributed by atoms with Crippen molar-refractivity contribution in [3.8, 4) is 0 Å². The summed E-state index contributed by atoms with van der Waals surface area (Å²) in [5, 5.41) is 3.47. The maximum atomic E-state index is 3.47. The fourth-order valence-corrected chi connectivity index (χ4v) is 2.18. The van der Waals surface area contributed by atoms with Crippen LogP contribution in [0.2, 0.25) is 0 Å². The Morgan fingerprint density at radius 3 is 1.94 bits per heavy atom. The van der Waals surface area contributed by atoms with E-state index >= 15 is 0 Å². The van der Waals surface area contributed by atoms with Gasteiger partial charge in [0.25, 0.3) is 0 Å². The van der Waals surface area contributed by atoms with Gasteiger partial charge in [-0.2, -0.15) is 0 Å². The quantitative estimate of drug-likeness (QED) is 0.559. The van der Waals surface area contributed by atoms with E-state index in [2.05, 4.69) is 44.8 Å². The van der Waals surface area contributed by atoms with E-state index in [4.69, 9.17) is 0 Å². The number of nitrogens with one attached hydrogen (secondary N) is 1. The van der Waals surface area contributed by atoms with Crippen molar-refractivity contribution in [2.24, 2.45) is 11.8 Å². The highest BCUT2D eigenvalue weighted by molar-refractivity contribution is 4.63. The first kappa shape index (κ1) is 16.9. The molecule has 0 saturated heterocycles. The minimum atomic E-state index is 0.784. The molecular formula is C15H34N2. The van der Waals surface area contributed by atoms with Gasteiger partial charge in [0.2, 0.25) is 0 Å². The molecule has 0 aromatic carbocycles. The summed E-state index contributed by atoms with van der Waals surface area (Å²) in [5.41, 5.74) is 0. The predicted octanol–water partition coefficient (Wildman–Crippen LogP) is 3.38. The molecule has 0 rings (SSSR count). The molecule has 0 atom stereocenters. The lowest BCUT2D eigenvalue weighted by atomic mass is 10.1. The molecule has 0 spiro atoms. The molecule has 0 aliphatic rings. The van der Waals surface area contributed by atoms with Gasteiger partial charge in [0.05, 0.1) is 0 Å².